The molecule has 2 aliphatic rings. The van der Waals surface area contributed by atoms with Crippen molar-refractivity contribution in [1.29, 1.82) is 0 Å². The maximum absolute atomic E-state index is 11.9. The van der Waals surface area contributed by atoms with E-state index >= 15 is 0 Å². The third-order valence-corrected chi connectivity index (χ3v) is 7.85. The van der Waals surface area contributed by atoms with Crippen LogP contribution in [0, 0.1) is 22.7 Å². The van der Waals surface area contributed by atoms with Crippen molar-refractivity contribution in [2.75, 3.05) is 13.2 Å². The molecule has 0 aliphatic heterocycles. The third-order valence-electron chi connectivity index (χ3n) is 7.85. The lowest BCUT2D eigenvalue weighted by Crippen LogP contribution is -2.54. The first-order valence-corrected chi connectivity index (χ1v) is 11.4. The number of carbonyl (C=O) groups is 3. The Balaban J connectivity index is 1.87. The van der Waals surface area contributed by atoms with Crippen LogP contribution < -0.4 is 0 Å². The van der Waals surface area contributed by atoms with E-state index in [9.17, 15) is 14.4 Å². The molecule has 176 valence electrons. The molecule has 0 spiro atoms. The highest BCUT2D eigenvalue weighted by molar-refractivity contribution is 5.90. The van der Waals surface area contributed by atoms with Crippen LogP contribution in [0.3, 0.4) is 0 Å². The molecule has 3 rings (SSSR count). The van der Waals surface area contributed by atoms with E-state index in [2.05, 4.69) is 19.9 Å². The van der Waals surface area contributed by atoms with Gasteiger partial charge < -0.3 is 19.0 Å². The summed E-state index contributed by atoms with van der Waals surface area (Å²) in [5, 5.41) is 8.86. The Bertz CT molecular complexity index is 856. The molecule has 1 saturated carbocycles. The molecule has 7 nitrogen and oxygen atoms in total. The highest BCUT2D eigenvalue weighted by Gasteiger charge is 2.56. The first-order valence-electron chi connectivity index (χ1n) is 11.4. The molecule has 32 heavy (non-hydrogen) atoms. The van der Waals surface area contributed by atoms with Crippen LogP contribution in [0.25, 0.3) is 0 Å². The second-order valence-electron chi connectivity index (χ2n) is 9.60. The van der Waals surface area contributed by atoms with Crippen molar-refractivity contribution in [3.63, 3.8) is 0 Å². The van der Waals surface area contributed by atoms with E-state index < -0.39 is 23.8 Å². The number of esters is 2. The topological polar surface area (TPSA) is 103 Å². The van der Waals surface area contributed by atoms with E-state index in [-0.39, 0.29) is 30.5 Å². The lowest BCUT2D eigenvalue weighted by atomic mass is 9.46. The summed E-state index contributed by atoms with van der Waals surface area (Å²) < 4.78 is 16.2. The van der Waals surface area contributed by atoms with Gasteiger partial charge in [-0.1, -0.05) is 19.9 Å². The number of carboxylic acids is 1. The van der Waals surface area contributed by atoms with Gasteiger partial charge in [-0.25, -0.2) is 0 Å². The highest BCUT2D eigenvalue weighted by atomic mass is 16.5. The molecule has 1 aromatic heterocycles. The Labute approximate surface area is 189 Å². The summed E-state index contributed by atoms with van der Waals surface area (Å²) in [7, 11) is 0. The van der Waals surface area contributed by atoms with E-state index in [4.69, 9.17) is 19.0 Å². The number of fused-ring (bicyclic) bond motifs is 1. The zero-order valence-electron chi connectivity index (χ0n) is 19.2. The lowest BCUT2D eigenvalue weighted by molar-refractivity contribution is -0.156. The molecule has 0 aromatic carbocycles. The molecule has 0 saturated heterocycles. The molecule has 0 unspecified atom stereocenters. The molecule has 1 heterocycles. The first kappa shape index (κ1) is 24.1. The molecule has 0 radical (unpaired) electrons. The molecule has 2 aliphatic carbocycles. The predicted molar refractivity (Wildman–Crippen MR) is 117 cm³/mol. The number of rotatable bonds is 9. The Morgan fingerprint density at radius 1 is 1.25 bits per heavy atom. The largest absolute Gasteiger partial charge is 0.481 e. The summed E-state index contributed by atoms with van der Waals surface area (Å²) in [6, 6.07) is 2.00. The van der Waals surface area contributed by atoms with Gasteiger partial charge in [-0.05, 0) is 73.0 Å². The summed E-state index contributed by atoms with van der Waals surface area (Å²) >= 11 is 0. The van der Waals surface area contributed by atoms with Crippen LogP contribution in [-0.4, -0.2) is 36.2 Å². The third kappa shape index (κ3) is 5.08. The number of aliphatic carboxylic acids is 1. The van der Waals surface area contributed by atoms with Crippen molar-refractivity contribution in [2.24, 2.45) is 22.7 Å². The van der Waals surface area contributed by atoms with E-state index in [1.807, 2.05) is 6.07 Å². The minimum absolute atomic E-state index is 0.000250. The van der Waals surface area contributed by atoms with Gasteiger partial charge in [0.25, 0.3) is 0 Å². The molecule has 1 N–H and O–H groups in total. The number of carbonyl (C=O) groups excluding carboxylic acids is 2. The summed E-state index contributed by atoms with van der Waals surface area (Å²) in [6.07, 6.45) is 10.4. The predicted octanol–water partition coefficient (Wildman–Crippen LogP) is 4.55. The van der Waals surface area contributed by atoms with Crippen LogP contribution in [0.4, 0.5) is 0 Å². The average Bonchev–Trinajstić information content (AvgIpc) is 3.26. The number of aryl methyl sites for hydroxylation is 1. The van der Waals surface area contributed by atoms with Crippen LogP contribution in [0.1, 0.15) is 64.9 Å². The van der Waals surface area contributed by atoms with Gasteiger partial charge in [0.05, 0.1) is 12.5 Å². The number of furan rings is 1. The van der Waals surface area contributed by atoms with Gasteiger partial charge >= 0.3 is 17.9 Å². The Kier molecular flexibility index (Phi) is 7.47. The molecule has 1 aromatic rings. The minimum atomic E-state index is -1.21. The molecule has 4 atom stereocenters. The van der Waals surface area contributed by atoms with Crippen LogP contribution in [0.5, 0.6) is 0 Å². The van der Waals surface area contributed by atoms with Crippen LogP contribution in [0.2, 0.25) is 0 Å². The SMILES string of the molecule is CC(=O)OC[C@@]12CC[C@@H](C)[C@](C)(CCc3ccoc3)[C@H]1CCC=C2COC(=O)CC(=O)O. The van der Waals surface area contributed by atoms with Crippen LogP contribution in [0.15, 0.2) is 34.7 Å². The number of hydrogen-bond donors (Lipinski definition) is 1. The molecule has 0 bridgehead atoms. The van der Waals surface area contributed by atoms with Crippen molar-refractivity contribution < 1.29 is 33.4 Å². The monoisotopic (exact) mass is 446 g/mol. The van der Waals surface area contributed by atoms with Crippen molar-refractivity contribution in [3.8, 4) is 0 Å². The van der Waals surface area contributed by atoms with Gasteiger partial charge in [0, 0.05) is 12.3 Å². The zero-order valence-corrected chi connectivity index (χ0v) is 19.2. The summed E-state index contributed by atoms with van der Waals surface area (Å²) in [5.74, 6) is -1.56. The number of ether oxygens (including phenoxy) is 2. The van der Waals surface area contributed by atoms with E-state index in [0.717, 1.165) is 44.1 Å². The van der Waals surface area contributed by atoms with Gasteiger partial charge in [-0.3, -0.25) is 14.4 Å². The van der Waals surface area contributed by atoms with Crippen molar-refractivity contribution in [2.45, 2.75) is 65.7 Å². The highest BCUT2D eigenvalue weighted by Crippen LogP contribution is 2.62. The molecule has 1 fully saturated rings. The summed E-state index contributed by atoms with van der Waals surface area (Å²) in [5.41, 5.74) is 1.71. The van der Waals surface area contributed by atoms with E-state index in [1.54, 1.807) is 12.5 Å². The van der Waals surface area contributed by atoms with Crippen LogP contribution in [-0.2, 0) is 30.3 Å². The van der Waals surface area contributed by atoms with Crippen molar-refractivity contribution in [3.05, 3.63) is 35.8 Å². The number of allylic oxidation sites excluding steroid dienone is 1. The van der Waals surface area contributed by atoms with Gasteiger partial charge in [0.15, 0.2) is 0 Å². The fourth-order valence-corrected chi connectivity index (χ4v) is 5.87. The van der Waals surface area contributed by atoms with E-state index in [0.29, 0.717) is 5.92 Å². The first-order chi connectivity index (χ1) is 15.2. The fraction of sp³-hybridized carbons (Fsp3) is 0.640. The van der Waals surface area contributed by atoms with Gasteiger partial charge in [-0.2, -0.15) is 0 Å². The van der Waals surface area contributed by atoms with Crippen molar-refractivity contribution in [1.82, 2.24) is 0 Å². The van der Waals surface area contributed by atoms with Gasteiger partial charge in [0.2, 0.25) is 0 Å². The fourth-order valence-electron chi connectivity index (χ4n) is 5.87. The Morgan fingerprint density at radius 3 is 2.69 bits per heavy atom. The second kappa shape index (κ2) is 9.92. The van der Waals surface area contributed by atoms with Crippen LogP contribution >= 0.6 is 0 Å². The normalized spacial score (nSPS) is 29.5. The smallest absolute Gasteiger partial charge is 0.317 e. The standard InChI is InChI=1S/C25H34O7/c1-17-7-11-25(16-32-18(2)26)20(15-31-23(29)13-22(27)28)5-4-6-21(25)24(17,3)10-8-19-9-12-30-14-19/h5,9,12,14,17,21H,4,6-8,10-11,13,15-16H2,1-3H3,(H,27,28)/t17-,21-,24+,25-/m1/s1. The zero-order chi connectivity index (χ0) is 23.4. The molecular weight excluding hydrogens is 412 g/mol. The maximum Gasteiger partial charge on any atom is 0.317 e. The average molecular weight is 447 g/mol. The van der Waals surface area contributed by atoms with E-state index in [1.165, 1.54) is 12.5 Å². The maximum atomic E-state index is 11.9. The van der Waals surface area contributed by atoms with Crippen molar-refractivity contribution >= 4 is 17.9 Å². The Hall–Kier alpha value is -2.57. The number of hydrogen-bond acceptors (Lipinski definition) is 6. The number of carboxylic acid groups (broad SMARTS) is 1. The summed E-state index contributed by atoms with van der Waals surface area (Å²) in [4.78, 5) is 34.5. The summed E-state index contributed by atoms with van der Waals surface area (Å²) in [6.45, 7) is 6.34. The molecule has 7 heteroatoms. The molecule has 0 amide bonds. The second-order valence-corrected chi connectivity index (χ2v) is 9.60. The van der Waals surface area contributed by atoms with Gasteiger partial charge in [0.1, 0.15) is 19.6 Å². The molecular formula is C25H34O7. The Morgan fingerprint density at radius 2 is 2.03 bits per heavy atom. The lowest BCUT2D eigenvalue weighted by Gasteiger charge is -2.59. The quantitative estimate of drug-likeness (QED) is 0.337. The minimum Gasteiger partial charge on any atom is -0.481 e. The van der Waals surface area contributed by atoms with Gasteiger partial charge in [-0.15, -0.1) is 0 Å².